The molecule has 7 heteroatoms. The number of hydrogen-bond donors (Lipinski definition) is 1. The Kier molecular flexibility index (Phi) is 9.61. The van der Waals surface area contributed by atoms with Crippen molar-refractivity contribution in [3.63, 3.8) is 0 Å². The van der Waals surface area contributed by atoms with Crippen molar-refractivity contribution < 1.29 is 66.7 Å². The minimum atomic E-state index is -3.50. The van der Waals surface area contributed by atoms with Crippen LogP contribution in [0.1, 0.15) is 6.99 Å². The van der Waals surface area contributed by atoms with E-state index >= 15 is 0 Å². The van der Waals surface area contributed by atoms with Gasteiger partial charge < -0.3 is 1.43 Å². The molecule has 0 fully saturated rings. The monoisotopic (exact) mass is 343 g/mol. The molecule has 0 aromatic heterocycles. The van der Waals surface area contributed by atoms with E-state index in [0.717, 1.165) is 5.56 Å². The van der Waals surface area contributed by atoms with Gasteiger partial charge >= 0.3 is 29.6 Å². The smallest absolute Gasteiger partial charge is 1.00 e. The molecule has 0 radical (unpaired) electrons. The summed E-state index contributed by atoms with van der Waals surface area (Å²) >= 11 is 5.03. The molecule has 0 heterocycles. The van der Waals surface area contributed by atoms with Gasteiger partial charge in [-0.3, -0.25) is 0 Å². The average Bonchev–Trinajstić information content (AvgIpc) is 2.05. The van der Waals surface area contributed by atoms with Gasteiger partial charge in [0.15, 0.2) is 0 Å². The molecule has 0 aliphatic heterocycles. The van der Waals surface area contributed by atoms with E-state index in [1.54, 1.807) is 16.4 Å². The average molecular weight is 342 g/mol. The molecule has 0 spiro atoms. The predicted molar refractivity (Wildman–Crippen MR) is 48.5 cm³/mol. The van der Waals surface area contributed by atoms with Crippen LogP contribution < -0.4 is 33.8 Å². The van der Waals surface area contributed by atoms with E-state index < -0.39 is 10.0 Å². The maximum atomic E-state index is 11.1. The van der Waals surface area contributed by atoms with Crippen LogP contribution in [0.5, 0.6) is 0 Å². The summed E-state index contributed by atoms with van der Waals surface area (Å²) in [6, 6.07) is 6.42. The fraction of sp³-hybridized carbons (Fsp3) is 0.143. The van der Waals surface area contributed by atoms with Crippen molar-refractivity contribution >= 4 is 21.8 Å². The van der Waals surface area contributed by atoms with E-state index in [9.17, 15) is 8.42 Å². The minimum absolute atomic E-state index is 0. The first-order valence-electron chi connectivity index (χ1n) is 3.25. The number of sulfonamides is 1. The topological polar surface area (TPSA) is 46.2 Å². The summed E-state index contributed by atoms with van der Waals surface area (Å²) in [6.45, 7) is 1.88. The Hall–Kier alpha value is 1.34. The molecule has 0 aliphatic carbocycles. The SMILES string of the molecule is Cc1ccc(S(=O)(=O)NCl)cc1.[Cd].[H-].[Na+]. The largest absolute Gasteiger partial charge is 1.00 e. The van der Waals surface area contributed by atoms with Crippen LogP contribution >= 0.6 is 11.8 Å². The van der Waals surface area contributed by atoms with E-state index in [1.807, 2.05) is 6.92 Å². The van der Waals surface area contributed by atoms with Crippen molar-refractivity contribution in [2.45, 2.75) is 11.8 Å². The van der Waals surface area contributed by atoms with Gasteiger partial charge in [0.25, 0.3) is 10.0 Å². The molecule has 0 atom stereocenters. The molecule has 0 unspecified atom stereocenters. The third-order valence-electron chi connectivity index (χ3n) is 1.43. The van der Waals surface area contributed by atoms with Gasteiger partial charge in [0.1, 0.15) is 0 Å². The molecule has 0 bridgehead atoms. The van der Waals surface area contributed by atoms with Crippen LogP contribution in [0.4, 0.5) is 0 Å². The van der Waals surface area contributed by atoms with Crippen LogP contribution in [0.2, 0.25) is 0 Å². The zero-order valence-electron chi connectivity index (χ0n) is 9.12. The molecule has 3 nitrogen and oxygen atoms in total. The Morgan fingerprint density at radius 2 is 1.71 bits per heavy atom. The van der Waals surface area contributed by atoms with Crippen molar-refractivity contribution in [2.75, 3.05) is 0 Å². The van der Waals surface area contributed by atoms with Gasteiger partial charge in [-0.25, -0.2) is 8.42 Å². The van der Waals surface area contributed by atoms with Crippen LogP contribution in [0, 0.1) is 6.92 Å². The van der Waals surface area contributed by atoms with E-state index in [4.69, 9.17) is 11.8 Å². The van der Waals surface area contributed by atoms with Gasteiger partial charge in [-0.1, -0.05) is 17.7 Å². The summed E-state index contributed by atoms with van der Waals surface area (Å²) in [5.74, 6) is 0. The van der Waals surface area contributed by atoms with Crippen LogP contribution in [0.25, 0.3) is 0 Å². The molecule has 0 saturated heterocycles. The van der Waals surface area contributed by atoms with Crippen molar-refractivity contribution in [1.29, 1.82) is 0 Å². The zero-order chi connectivity index (χ0) is 9.19. The molecule has 70 valence electrons. The third-order valence-corrected chi connectivity index (χ3v) is 3.14. The predicted octanol–water partition coefficient (Wildman–Crippen LogP) is -1.46. The normalized spacial score (nSPS) is 9.86. The fourth-order valence-electron chi connectivity index (χ4n) is 0.762. The van der Waals surface area contributed by atoms with Crippen LogP contribution in [0.15, 0.2) is 29.2 Å². The number of nitrogens with one attached hydrogen (secondary N) is 1. The first kappa shape index (κ1) is 17.7. The molecular formula is C7H9CdClNNaO2S. The van der Waals surface area contributed by atoms with Gasteiger partial charge in [0.05, 0.1) is 4.90 Å². The Balaban J connectivity index is -0.000000480. The molecule has 1 aromatic rings. The first-order valence-corrected chi connectivity index (χ1v) is 5.11. The second-order valence-electron chi connectivity index (χ2n) is 2.39. The number of hydrogen-bond acceptors (Lipinski definition) is 2. The van der Waals surface area contributed by atoms with E-state index in [-0.39, 0.29) is 63.2 Å². The summed E-state index contributed by atoms with van der Waals surface area (Å²) < 4.78 is 23.9. The van der Waals surface area contributed by atoms with Gasteiger partial charge in [0.2, 0.25) is 0 Å². The molecule has 1 N–H and O–H groups in total. The summed E-state index contributed by atoms with van der Waals surface area (Å²) in [5, 5.41) is 0. The Morgan fingerprint density at radius 1 is 1.29 bits per heavy atom. The molecular weight excluding hydrogens is 333 g/mol. The van der Waals surface area contributed by atoms with Crippen molar-refractivity contribution in [1.82, 2.24) is 4.24 Å². The van der Waals surface area contributed by atoms with Crippen molar-refractivity contribution in [2.24, 2.45) is 0 Å². The minimum Gasteiger partial charge on any atom is -1.00 e. The number of rotatable bonds is 2. The molecule has 0 saturated carbocycles. The molecule has 14 heavy (non-hydrogen) atoms. The van der Waals surface area contributed by atoms with Gasteiger partial charge in [-0.05, 0) is 30.8 Å². The third kappa shape index (κ3) is 4.91. The van der Waals surface area contributed by atoms with Gasteiger partial charge in [-0.2, -0.15) is 0 Å². The summed E-state index contributed by atoms with van der Waals surface area (Å²) in [4.78, 5) is 0.170. The standard InChI is InChI=1S/C7H8ClNO2S.Cd.Na.H/c1-6-2-4-7(5-3-6)12(10,11)9-8;;;/h2-5,9H,1H3;;;/q;;+1;-1. The van der Waals surface area contributed by atoms with Crippen LogP contribution in [-0.2, 0) is 37.3 Å². The van der Waals surface area contributed by atoms with E-state index in [0.29, 0.717) is 0 Å². The summed E-state index contributed by atoms with van der Waals surface area (Å²) in [7, 11) is -3.50. The first-order chi connectivity index (χ1) is 5.56. The Morgan fingerprint density at radius 3 is 2.07 bits per heavy atom. The molecule has 0 aliphatic rings. The maximum Gasteiger partial charge on any atom is 1.00 e. The van der Waals surface area contributed by atoms with E-state index in [1.165, 1.54) is 12.1 Å². The quantitative estimate of drug-likeness (QED) is 0.528. The van der Waals surface area contributed by atoms with Gasteiger partial charge in [0, 0.05) is 27.3 Å². The van der Waals surface area contributed by atoms with Crippen LogP contribution in [0.3, 0.4) is 0 Å². The maximum absolute atomic E-state index is 11.1. The zero-order valence-corrected chi connectivity index (χ0v) is 15.7. The second-order valence-corrected chi connectivity index (χ2v) is 4.49. The van der Waals surface area contributed by atoms with E-state index in [2.05, 4.69) is 0 Å². The number of aryl methyl sites for hydroxylation is 1. The van der Waals surface area contributed by atoms with Crippen molar-refractivity contribution in [3.8, 4) is 0 Å². The molecule has 1 aromatic carbocycles. The molecule has 0 amide bonds. The fourth-order valence-corrected chi connectivity index (χ4v) is 1.61. The second kappa shape index (κ2) is 7.59. The molecule has 1 rings (SSSR count). The summed E-state index contributed by atoms with van der Waals surface area (Å²) in [5.41, 5.74) is 1.00. The Labute approximate surface area is 133 Å². The van der Waals surface area contributed by atoms with Crippen LogP contribution in [-0.4, -0.2) is 8.42 Å². The van der Waals surface area contributed by atoms with Gasteiger partial charge in [-0.15, -0.1) is 4.24 Å². The number of benzene rings is 1. The Bertz CT molecular complexity index is 373. The number of halogens is 1. The van der Waals surface area contributed by atoms with Crippen molar-refractivity contribution in [3.05, 3.63) is 29.8 Å². The summed E-state index contributed by atoms with van der Waals surface area (Å²) in [6.07, 6.45) is 0.